The second-order valence-electron chi connectivity index (χ2n) is 3.38. The number of nitrogens with zero attached hydrogens (tertiary/aromatic N) is 3. The Morgan fingerprint density at radius 3 is 2.79 bits per heavy atom. The second kappa shape index (κ2) is 4.39. The van der Waals surface area contributed by atoms with E-state index in [-0.39, 0.29) is 6.01 Å². The first kappa shape index (κ1) is 9.42. The van der Waals surface area contributed by atoms with Crippen molar-refractivity contribution >= 4 is 6.01 Å². The van der Waals surface area contributed by atoms with Gasteiger partial charge >= 0.3 is 6.01 Å². The first-order valence-corrected chi connectivity index (χ1v) is 4.85. The molecule has 3 N–H and O–H groups in total. The number of nitrogen functional groups attached to an aromatic ring is 1. The van der Waals surface area contributed by atoms with E-state index in [1.54, 1.807) is 0 Å². The SMILES string of the molecule is Nc1nnc(CCN2CCNCC2)o1. The van der Waals surface area contributed by atoms with Crippen LogP contribution in [0.2, 0.25) is 0 Å². The van der Waals surface area contributed by atoms with Crippen molar-refractivity contribution in [3.05, 3.63) is 5.89 Å². The van der Waals surface area contributed by atoms with Gasteiger partial charge in [0.05, 0.1) is 0 Å². The summed E-state index contributed by atoms with van der Waals surface area (Å²) in [5, 5.41) is 10.7. The zero-order chi connectivity index (χ0) is 9.80. The lowest BCUT2D eigenvalue weighted by Gasteiger charge is -2.26. The van der Waals surface area contributed by atoms with Gasteiger partial charge in [0, 0.05) is 39.1 Å². The van der Waals surface area contributed by atoms with Crippen molar-refractivity contribution in [1.82, 2.24) is 20.4 Å². The van der Waals surface area contributed by atoms with E-state index in [2.05, 4.69) is 20.4 Å². The molecule has 1 aromatic rings. The quantitative estimate of drug-likeness (QED) is 0.653. The maximum atomic E-state index is 5.32. The van der Waals surface area contributed by atoms with Crippen LogP contribution in [0.25, 0.3) is 0 Å². The third kappa shape index (κ3) is 2.43. The van der Waals surface area contributed by atoms with Crippen LogP contribution in [-0.2, 0) is 6.42 Å². The van der Waals surface area contributed by atoms with Gasteiger partial charge in [-0.3, -0.25) is 0 Å². The Morgan fingerprint density at radius 1 is 1.36 bits per heavy atom. The van der Waals surface area contributed by atoms with Crippen molar-refractivity contribution in [1.29, 1.82) is 0 Å². The van der Waals surface area contributed by atoms with Crippen molar-refractivity contribution in [2.45, 2.75) is 6.42 Å². The summed E-state index contributed by atoms with van der Waals surface area (Å²) in [4.78, 5) is 2.37. The highest BCUT2D eigenvalue weighted by Crippen LogP contribution is 2.02. The monoisotopic (exact) mass is 197 g/mol. The Hall–Kier alpha value is -1.14. The zero-order valence-corrected chi connectivity index (χ0v) is 8.07. The molecule has 1 aliphatic heterocycles. The average molecular weight is 197 g/mol. The summed E-state index contributed by atoms with van der Waals surface area (Å²) in [5.41, 5.74) is 5.32. The molecular formula is C8H15N5O. The molecule has 0 saturated carbocycles. The Labute approximate surface area is 82.5 Å². The van der Waals surface area contributed by atoms with E-state index in [0.717, 1.165) is 39.1 Å². The Bertz CT molecular complexity index is 281. The third-order valence-corrected chi connectivity index (χ3v) is 2.33. The standard InChI is InChI=1S/C8H15N5O/c9-8-12-11-7(14-8)1-4-13-5-2-10-3-6-13/h10H,1-6H2,(H2,9,12). The van der Waals surface area contributed by atoms with E-state index >= 15 is 0 Å². The van der Waals surface area contributed by atoms with Crippen LogP contribution in [0.5, 0.6) is 0 Å². The molecule has 1 saturated heterocycles. The van der Waals surface area contributed by atoms with E-state index in [1.807, 2.05) is 0 Å². The maximum absolute atomic E-state index is 5.32. The smallest absolute Gasteiger partial charge is 0.312 e. The molecule has 14 heavy (non-hydrogen) atoms. The van der Waals surface area contributed by atoms with Gasteiger partial charge in [-0.1, -0.05) is 5.10 Å². The third-order valence-electron chi connectivity index (χ3n) is 2.33. The van der Waals surface area contributed by atoms with Crippen molar-refractivity contribution in [3.63, 3.8) is 0 Å². The fraction of sp³-hybridized carbons (Fsp3) is 0.750. The molecule has 1 fully saturated rings. The lowest BCUT2D eigenvalue weighted by Crippen LogP contribution is -2.44. The maximum Gasteiger partial charge on any atom is 0.312 e. The van der Waals surface area contributed by atoms with Gasteiger partial charge in [0.25, 0.3) is 0 Å². The minimum Gasteiger partial charge on any atom is -0.408 e. The van der Waals surface area contributed by atoms with Crippen LogP contribution in [0, 0.1) is 0 Å². The molecule has 0 aromatic carbocycles. The molecule has 78 valence electrons. The summed E-state index contributed by atoms with van der Waals surface area (Å²) in [5.74, 6) is 0.626. The van der Waals surface area contributed by atoms with Crippen LogP contribution in [0.4, 0.5) is 6.01 Å². The molecule has 0 bridgehead atoms. The van der Waals surface area contributed by atoms with E-state index in [1.165, 1.54) is 0 Å². The van der Waals surface area contributed by atoms with Crippen LogP contribution in [0.1, 0.15) is 5.89 Å². The molecule has 0 unspecified atom stereocenters. The average Bonchev–Trinajstić information content (AvgIpc) is 2.63. The van der Waals surface area contributed by atoms with Gasteiger partial charge in [0.2, 0.25) is 5.89 Å². The fourth-order valence-corrected chi connectivity index (χ4v) is 1.56. The van der Waals surface area contributed by atoms with Crippen molar-refractivity contribution in [2.75, 3.05) is 38.5 Å². The lowest BCUT2D eigenvalue weighted by molar-refractivity contribution is 0.238. The molecule has 0 spiro atoms. The van der Waals surface area contributed by atoms with Crippen molar-refractivity contribution in [3.8, 4) is 0 Å². The first-order valence-electron chi connectivity index (χ1n) is 4.85. The predicted molar refractivity (Wildman–Crippen MR) is 51.7 cm³/mol. The van der Waals surface area contributed by atoms with E-state index in [4.69, 9.17) is 10.2 Å². The second-order valence-corrected chi connectivity index (χ2v) is 3.38. The van der Waals surface area contributed by atoms with Gasteiger partial charge in [-0.25, -0.2) is 0 Å². The van der Waals surface area contributed by atoms with Crippen molar-refractivity contribution < 1.29 is 4.42 Å². The summed E-state index contributed by atoms with van der Waals surface area (Å²) >= 11 is 0. The molecule has 6 heteroatoms. The summed E-state index contributed by atoms with van der Waals surface area (Å²) in [6.45, 7) is 5.26. The van der Waals surface area contributed by atoms with Gasteiger partial charge in [0.15, 0.2) is 0 Å². The first-order chi connectivity index (χ1) is 6.84. The van der Waals surface area contributed by atoms with E-state index < -0.39 is 0 Å². The predicted octanol–water partition coefficient (Wildman–Crippen LogP) is -0.900. The van der Waals surface area contributed by atoms with Gasteiger partial charge in [-0.2, -0.15) is 0 Å². The Morgan fingerprint density at radius 2 is 2.14 bits per heavy atom. The highest BCUT2D eigenvalue weighted by molar-refractivity contribution is 5.04. The summed E-state index contributed by atoms with van der Waals surface area (Å²) in [6, 6.07) is 0.153. The number of nitrogens with one attached hydrogen (secondary N) is 1. The molecule has 0 aliphatic carbocycles. The molecule has 6 nitrogen and oxygen atoms in total. The van der Waals surface area contributed by atoms with Gasteiger partial charge in [-0.15, -0.1) is 5.10 Å². The van der Waals surface area contributed by atoms with E-state index in [0.29, 0.717) is 5.89 Å². The molecule has 2 heterocycles. The van der Waals surface area contributed by atoms with Crippen LogP contribution in [0.15, 0.2) is 4.42 Å². The number of hydrogen-bond acceptors (Lipinski definition) is 6. The largest absolute Gasteiger partial charge is 0.408 e. The summed E-state index contributed by atoms with van der Waals surface area (Å²) < 4.78 is 5.09. The topological polar surface area (TPSA) is 80.2 Å². The van der Waals surface area contributed by atoms with Crippen LogP contribution >= 0.6 is 0 Å². The van der Waals surface area contributed by atoms with Crippen LogP contribution < -0.4 is 11.1 Å². The molecular weight excluding hydrogens is 182 g/mol. The minimum absolute atomic E-state index is 0.153. The number of aromatic nitrogens is 2. The Kier molecular flexibility index (Phi) is 2.95. The highest BCUT2D eigenvalue weighted by atomic mass is 16.4. The molecule has 2 rings (SSSR count). The fourth-order valence-electron chi connectivity index (χ4n) is 1.56. The molecule has 0 radical (unpaired) electrons. The number of nitrogens with two attached hydrogens (primary N) is 1. The van der Waals surface area contributed by atoms with E-state index in [9.17, 15) is 0 Å². The number of piperazine rings is 1. The number of rotatable bonds is 3. The lowest BCUT2D eigenvalue weighted by atomic mass is 10.3. The van der Waals surface area contributed by atoms with Gasteiger partial charge in [-0.05, 0) is 0 Å². The van der Waals surface area contributed by atoms with Crippen LogP contribution in [0.3, 0.4) is 0 Å². The Balaban J connectivity index is 1.76. The number of anilines is 1. The molecule has 0 amide bonds. The molecule has 1 aromatic heterocycles. The summed E-state index contributed by atoms with van der Waals surface area (Å²) in [7, 11) is 0. The highest BCUT2D eigenvalue weighted by Gasteiger charge is 2.10. The molecule has 0 atom stereocenters. The summed E-state index contributed by atoms with van der Waals surface area (Å²) in [6.07, 6.45) is 0.782. The normalized spacial score (nSPS) is 18.6. The van der Waals surface area contributed by atoms with Crippen LogP contribution in [-0.4, -0.2) is 47.8 Å². The minimum atomic E-state index is 0.153. The van der Waals surface area contributed by atoms with Gasteiger partial charge < -0.3 is 20.4 Å². The van der Waals surface area contributed by atoms with Gasteiger partial charge in [0.1, 0.15) is 0 Å². The van der Waals surface area contributed by atoms with Crippen molar-refractivity contribution in [2.24, 2.45) is 0 Å². The zero-order valence-electron chi connectivity index (χ0n) is 8.07. The number of hydrogen-bond donors (Lipinski definition) is 2. The molecule has 1 aliphatic rings.